The highest BCUT2D eigenvalue weighted by molar-refractivity contribution is 7.90. The molecule has 2 fully saturated rings. The summed E-state index contributed by atoms with van der Waals surface area (Å²) in [6, 6.07) is 0. The number of sulfonamides is 1. The van der Waals surface area contributed by atoms with Crippen LogP contribution in [0.4, 0.5) is 5.95 Å². The summed E-state index contributed by atoms with van der Waals surface area (Å²) < 4.78 is 26.2. The van der Waals surface area contributed by atoms with Gasteiger partial charge in [0, 0.05) is 38.6 Å². The van der Waals surface area contributed by atoms with Crippen LogP contribution < -0.4 is 4.90 Å². The second-order valence-corrected chi connectivity index (χ2v) is 7.76. The van der Waals surface area contributed by atoms with Gasteiger partial charge in [0.2, 0.25) is 16.0 Å². The third kappa shape index (κ3) is 2.78. The van der Waals surface area contributed by atoms with Crippen LogP contribution in [0.25, 0.3) is 0 Å². The lowest BCUT2D eigenvalue weighted by Gasteiger charge is -2.21. The Labute approximate surface area is 119 Å². The molecular formula is C13H20N4O2S. The average molecular weight is 296 g/mol. The van der Waals surface area contributed by atoms with Crippen molar-refractivity contribution in [1.82, 2.24) is 14.3 Å². The lowest BCUT2D eigenvalue weighted by molar-refractivity contribution is 0.432. The van der Waals surface area contributed by atoms with Gasteiger partial charge in [-0.2, -0.15) is 4.31 Å². The highest BCUT2D eigenvalue weighted by Crippen LogP contribution is 2.31. The van der Waals surface area contributed by atoms with E-state index in [9.17, 15) is 8.42 Å². The van der Waals surface area contributed by atoms with Gasteiger partial charge >= 0.3 is 0 Å². The molecule has 0 N–H and O–H groups in total. The van der Waals surface area contributed by atoms with Gasteiger partial charge in [-0.25, -0.2) is 18.4 Å². The van der Waals surface area contributed by atoms with E-state index in [1.165, 1.54) is 0 Å². The number of hydrogen-bond donors (Lipinski definition) is 0. The van der Waals surface area contributed by atoms with Crippen LogP contribution in [-0.4, -0.2) is 54.1 Å². The number of rotatable bonds is 3. The Bertz CT molecular complexity index is 569. The van der Waals surface area contributed by atoms with Gasteiger partial charge in [0.1, 0.15) is 0 Å². The fraction of sp³-hybridized carbons (Fsp3) is 0.692. The molecule has 20 heavy (non-hydrogen) atoms. The maximum absolute atomic E-state index is 12.3. The average Bonchev–Trinajstić information content (AvgIpc) is 3.26. The van der Waals surface area contributed by atoms with Gasteiger partial charge in [-0.15, -0.1) is 0 Å². The van der Waals surface area contributed by atoms with Crippen LogP contribution in [0, 0.1) is 6.92 Å². The Morgan fingerprint density at radius 1 is 1.10 bits per heavy atom. The zero-order valence-corrected chi connectivity index (χ0v) is 12.5. The summed E-state index contributed by atoms with van der Waals surface area (Å²) in [7, 11) is -3.06. The number of nitrogens with zero attached hydrogens (tertiary/aromatic N) is 4. The summed E-state index contributed by atoms with van der Waals surface area (Å²) >= 11 is 0. The molecule has 7 heteroatoms. The quantitative estimate of drug-likeness (QED) is 0.825. The second-order valence-electron chi connectivity index (χ2n) is 5.54. The van der Waals surface area contributed by atoms with E-state index in [1.54, 1.807) is 16.7 Å². The first kappa shape index (κ1) is 13.8. The van der Waals surface area contributed by atoms with Crippen molar-refractivity contribution in [3.8, 4) is 0 Å². The van der Waals surface area contributed by atoms with Crippen molar-refractivity contribution in [1.29, 1.82) is 0 Å². The molecule has 0 spiro atoms. The number of aromatic nitrogens is 2. The van der Waals surface area contributed by atoms with E-state index in [0.717, 1.165) is 31.4 Å². The normalized spacial score (nSPS) is 21.8. The van der Waals surface area contributed by atoms with Crippen LogP contribution in [0.2, 0.25) is 0 Å². The Balaban J connectivity index is 1.69. The van der Waals surface area contributed by atoms with E-state index in [2.05, 4.69) is 14.9 Å². The molecule has 0 bridgehead atoms. The van der Waals surface area contributed by atoms with Gasteiger partial charge < -0.3 is 4.90 Å². The van der Waals surface area contributed by atoms with Crippen LogP contribution in [-0.2, 0) is 10.0 Å². The summed E-state index contributed by atoms with van der Waals surface area (Å²) in [5, 5.41) is -0.121. The molecular weight excluding hydrogens is 276 g/mol. The largest absolute Gasteiger partial charge is 0.339 e. The molecule has 1 aliphatic heterocycles. The molecule has 3 rings (SSSR count). The van der Waals surface area contributed by atoms with Crippen molar-refractivity contribution in [3.05, 3.63) is 18.0 Å². The molecule has 2 aliphatic rings. The molecule has 0 unspecified atom stereocenters. The molecule has 0 amide bonds. The van der Waals surface area contributed by atoms with Gasteiger partial charge in [-0.3, -0.25) is 0 Å². The van der Waals surface area contributed by atoms with Gasteiger partial charge in [0.15, 0.2) is 0 Å². The third-order valence-corrected chi connectivity index (χ3v) is 6.21. The topological polar surface area (TPSA) is 66.4 Å². The maximum Gasteiger partial charge on any atom is 0.225 e. The minimum absolute atomic E-state index is 0.121. The summed E-state index contributed by atoms with van der Waals surface area (Å²) in [4.78, 5) is 10.7. The van der Waals surface area contributed by atoms with Crippen LogP contribution in [0.15, 0.2) is 12.4 Å². The Morgan fingerprint density at radius 2 is 1.80 bits per heavy atom. The molecule has 0 aromatic carbocycles. The third-order valence-electron chi connectivity index (χ3n) is 3.81. The van der Waals surface area contributed by atoms with Gasteiger partial charge in [-0.05, 0) is 31.7 Å². The van der Waals surface area contributed by atoms with E-state index in [-0.39, 0.29) is 5.25 Å². The molecule has 2 heterocycles. The van der Waals surface area contributed by atoms with Gasteiger partial charge in [0.05, 0.1) is 5.25 Å². The Kier molecular flexibility index (Phi) is 3.64. The predicted octanol–water partition coefficient (Wildman–Crippen LogP) is 0.789. The fourth-order valence-corrected chi connectivity index (χ4v) is 4.35. The summed E-state index contributed by atoms with van der Waals surface area (Å²) in [6.45, 7) is 4.57. The SMILES string of the molecule is Cc1cnc(N2CCCN(S(=O)(=O)C3CC3)CC2)nc1. The molecule has 1 aromatic rings. The van der Waals surface area contributed by atoms with Crippen LogP contribution >= 0.6 is 0 Å². The molecule has 0 atom stereocenters. The molecule has 1 aliphatic carbocycles. The smallest absolute Gasteiger partial charge is 0.225 e. The fourth-order valence-electron chi connectivity index (χ4n) is 2.47. The summed E-state index contributed by atoms with van der Waals surface area (Å²) in [5.41, 5.74) is 1.03. The first-order valence-electron chi connectivity index (χ1n) is 7.10. The van der Waals surface area contributed by atoms with Crippen LogP contribution in [0.1, 0.15) is 24.8 Å². The predicted molar refractivity (Wildman–Crippen MR) is 77.1 cm³/mol. The summed E-state index contributed by atoms with van der Waals surface area (Å²) in [6.07, 6.45) is 6.06. The highest BCUT2D eigenvalue weighted by atomic mass is 32.2. The van der Waals surface area contributed by atoms with Crippen LogP contribution in [0.3, 0.4) is 0 Å². The van der Waals surface area contributed by atoms with E-state index in [0.29, 0.717) is 25.6 Å². The zero-order chi connectivity index (χ0) is 14.2. The number of aryl methyl sites for hydroxylation is 1. The van der Waals surface area contributed by atoms with E-state index >= 15 is 0 Å². The monoisotopic (exact) mass is 296 g/mol. The van der Waals surface area contributed by atoms with Gasteiger partial charge in [0.25, 0.3) is 0 Å². The first-order valence-corrected chi connectivity index (χ1v) is 8.60. The van der Waals surface area contributed by atoms with Crippen molar-refractivity contribution in [3.63, 3.8) is 0 Å². The minimum Gasteiger partial charge on any atom is -0.339 e. The molecule has 0 radical (unpaired) electrons. The number of hydrogen-bond acceptors (Lipinski definition) is 5. The van der Waals surface area contributed by atoms with Crippen molar-refractivity contribution >= 4 is 16.0 Å². The van der Waals surface area contributed by atoms with Crippen molar-refractivity contribution in [2.24, 2.45) is 0 Å². The van der Waals surface area contributed by atoms with Crippen molar-refractivity contribution < 1.29 is 8.42 Å². The molecule has 1 saturated carbocycles. The standard InChI is InChI=1S/C13H20N4O2S/c1-11-9-14-13(15-10-11)16-5-2-6-17(8-7-16)20(18,19)12-3-4-12/h9-10,12H,2-8H2,1H3. The molecule has 1 saturated heterocycles. The molecule has 1 aromatic heterocycles. The van der Waals surface area contributed by atoms with Crippen LogP contribution in [0.5, 0.6) is 0 Å². The highest BCUT2D eigenvalue weighted by Gasteiger charge is 2.40. The minimum atomic E-state index is -3.06. The number of anilines is 1. The zero-order valence-electron chi connectivity index (χ0n) is 11.7. The first-order chi connectivity index (χ1) is 9.57. The van der Waals surface area contributed by atoms with E-state index in [1.807, 2.05) is 6.92 Å². The van der Waals surface area contributed by atoms with Crippen molar-refractivity contribution in [2.75, 3.05) is 31.1 Å². The lowest BCUT2D eigenvalue weighted by Crippen LogP contribution is -2.37. The van der Waals surface area contributed by atoms with E-state index < -0.39 is 10.0 Å². The molecule has 110 valence electrons. The van der Waals surface area contributed by atoms with E-state index in [4.69, 9.17) is 0 Å². The Morgan fingerprint density at radius 3 is 2.45 bits per heavy atom. The summed E-state index contributed by atoms with van der Waals surface area (Å²) in [5.74, 6) is 0.696. The molecule has 6 nitrogen and oxygen atoms in total. The maximum atomic E-state index is 12.3. The lowest BCUT2D eigenvalue weighted by atomic mass is 10.4. The van der Waals surface area contributed by atoms with Gasteiger partial charge in [-0.1, -0.05) is 0 Å². The van der Waals surface area contributed by atoms with Crippen molar-refractivity contribution in [2.45, 2.75) is 31.4 Å². The second kappa shape index (κ2) is 5.29. The Hall–Kier alpha value is -1.21.